The molecular formula is C12H12N4O5. The number of pyridine rings is 1. The molecule has 0 aromatic carbocycles. The van der Waals surface area contributed by atoms with E-state index < -0.39 is 11.7 Å². The molecule has 110 valence electrons. The summed E-state index contributed by atoms with van der Waals surface area (Å²) in [6, 6.07) is 1.09. The molecular weight excluding hydrogens is 280 g/mol. The number of aromatic nitrogens is 3. The predicted molar refractivity (Wildman–Crippen MR) is 68.9 cm³/mol. The number of nitrogens with one attached hydrogen (secondary N) is 2. The zero-order chi connectivity index (χ0) is 14.8. The van der Waals surface area contributed by atoms with Crippen LogP contribution in [0, 0.1) is 0 Å². The minimum atomic E-state index is -1.12. The summed E-state index contributed by atoms with van der Waals surface area (Å²) in [5, 5.41) is 18.3. The SMILES string of the molecule is O=C(O)c1cc(-c2n[nH]c(=O)o2)cnc1[C@H]1COCCN1. The maximum atomic E-state index is 11.4. The number of aromatic carboxylic acids is 1. The number of carboxylic acid groups (broad SMARTS) is 1. The van der Waals surface area contributed by atoms with E-state index in [0.29, 0.717) is 31.0 Å². The van der Waals surface area contributed by atoms with Crippen LogP contribution in [0.2, 0.25) is 0 Å². The Labute approximate surface area is 118 Å². The van der Waals surface area contributed by atoms with Crippen molar-refractivity contribution in [1.82, 2.24) is 20.5 Å². The second-order valence-electron chi connectivity index (χ2n) is 4.46. The molecule has 1 fully saturated rings. The van der Waals surface area contributed by atoms with E-state index >= 15 is 0 Å². The summed E-state index contributed by atoms with van der Waals surface area (Å²) in [5.74, 6) is -1.84. The number of aromatic amines is 1. The van der Waals surface area contributed by atoms with Crippen molar-refractivity contribution in [3.8, 4) is 11.5 Å². The molecule has 3 rings (SSSR count). The van der Waals surface area contributed by atoms with E-state index in [0.717, 1.165) is 0 Å². The summed E-state index contributed by atoms with van der Waals surface area (Å²) in [7, 11) is 0. The molecule has 0 amide bonds. The molecule has 2 aromatic heterocycles. The topological polar surface area (TPSA) is 130 Å². The predicted octanol–water partition coefficient (Wildman–Crippen LogP) is -0.216. The van der Waals surface area contributed by atoms with E-state index in [1.807, 2.05) is 0 Å². The summed E-state index contributed by atoms with van der Waals surface area (Å²) in [6.45, 7) is 1.56. The first-order chi connectivity index (χ1) is 10.1. The van der Waals surface area contributed by atoms with Gasteiger partial charge in [0.1, 0.15) is 0 Å². The number of morpholine rings is 1. The minimum absolute atomic E-state index is 0.00518. The third kappa shape index (κ3) is 2.69. The Morgan fingerprint density at radius 2 is 2.33 bits per heavy atom. The summed E-state index contributed by atoms with van der Waals surface area (Å²) >= 11 is 0. The zero-order valence-electron chi connectivity index (χ0n) is 10.8. The van der Waals surface area contributed by atoms with Gasteiger partial charge in [-0.25, -0.2) is 14.7 Å². The molecule has 0 bridgehead atoms. The van der Waals surface area contributed by atoms with Gasteiger partial charge in [-0.3, -0.25) is 4.98 Å². The van der Waals surface area contributed by atoms with Crippen molar-refractivity contribution >= 4 is 5.97 Å². The molecule has 0 radical (unpaired) electrons. The first kappa shape index (κ1) is 13.5. The fourth-order valence-electron chi connectivity index (χ4n) is 2.14. The largest absolute Gasteiger partial charge is 0.478 e. The Bertz CT molecular complexity index is 716. The first-order valence-electron chi connectivity index (χ1n) is 6.25. The van der Waals surface area contributed by atoms with Crippen molar-refractivity contribution in [3.05, 3.63) is 34.1 Å². The second-order valence-corrected chi connectivity index (χ2v) is 4.46. The van der Waals surface area contributed by atoms with E-state index in [1.165, 1.54) is 12.3 Å². The Balaban J connectivity index is 2.01. The molecule has 1 aliphatic heterocycles. The van der Waals surface area contributed by atoms with Crippen LogP contribution < -0.4 is 11.1 Å². The molecule has 1 aliphatic rings. The Hall–Kier alpha value is -2.52. The van der Waals surface area contributed by atoms with Gasteiger partial charge >= 0.3 is 11.7 Å². The highest BCUT2D eigenvalue weighted by molar-refractivity contribution is 5.90. The van der Waals surface area contributed by atoms with Crippen LogP contribution in [0.3, 0.4) is 0 Å². The molecule has 3 heterocycles. The summed E-state index contributed by atoms with van der Waals surface area (Å²) < 4.78 is 10.1. The lowest BCUT2D eigenvalue weighted by atomic mass is 10.0. The lowest BCUT2D eigenvalue weighted by molar-refractivity contribution is 0.0668. The van der Waals surface area contributed by atoms with Crippen LogP contribution in [-0.2, 0) is 4.74 Å². The first-order valence-corrected chi connectivity index (χ1v) is 6.25. The van der Waals surface area contributed by atoms with Crippen molar-refractivity contribution in [2.75, 3.05) is 19.8 Å². The van der Waals surface area contributed by atoms with Gasteiger partial charge in [0.25, 0.3) is 5.89 Å². The van der Waals surface area contributed by atoms with Crippen molar-refractivity contribution in [3.63, 3.8) is 0 Å². The van der Waals surface area contributed by atoms with Gasteiger partial charge in [-0.15, -0.1) is 5.10 Å². The van der Waals surface area contributed by atoms with Crippen LogP contribution in [0.1, 0.15) is 22.1 Å². The van der Waals surface area contributed by atoms with Crippen LogP contribution in [-0.4, -0.2) is 46.0 Å². The second kappa shape index (κ2) is 5.46. The van der Waals surface area contributed by atoms with Crippen molar-refractivity contribution in [2.24, 2.45) is 0 Å². The molecule has 0 spiro atoms. The molecule has 21 heavy (non-hydrogen) atoms. The number of rotatable bonds is 3. The Kier molecular flexibility index (Phi) is 3.50. The average molecular weight is 292 g/mol. The van der Waals surface area contributed by atoms with Gasteiger partial charge in [0.2, 0.25) is 0 Å². The number of hydrogen-bond donors (Lipinski definition) is 3. The fraction of sp³-hybridized carbons (Fsp3) is 0.333. The van der Waals surface area contributed by atoms with Crippen molar-refractivity contribution in [1.29, 1.82) is 0 Å². The number of H-pyrrole nitrogens is 1. The summed E-state index contributed by atoms with van der Waals surface area (Å²) in [5.41, 5.74) is 0.705. The van der Waals surface area contributed by atoms with Crippen LogP contribution in [0.4, 0.5) is 0 Å². The smallest absolute Gasteiger partial charge is 0.434 e. The molecule has 1 atom stereocenters. The van der Waals surface area contributed by atoms with E-state index in [-0.39, 0.29) is 17.5 Å². The summed E-state index contributed by atoms with van der Waals surface area (Å²) in [6.07, 6.45) is 1.41. The number of hydrogen-bond acceptors (Lipinski definition) is 7. The standard InChI is InChI=1S/C12H12N4O5/c17-11(18)7-3-6(10-15-16-12(19)21-10)4-14-9(7)8-5-20-2-1-13-8/h3-4,8,13H,1-2,5H2,(H,16,19)(H,17,18)/t8-/m1/s1. The van der Waals surface area contributed by atoms with Gasteiger partial charge in [0, 0.05) is 12.7 Å². The van der Waals surface area contributed by atoms with E-state index in [2.05, 4.69) is 20.5 Å². The van der Waals surface area contributed by atoms with Gasteiger partial charge in [-0.1, -0.05) is 0 Å². The van der Waals surface area contributed by atoms with Gasteiger partial charge in [0.05, 0.1) is 36.1 Å². The maximum Gasteiger partial charge on any atom is 0.434 e. The highest BCUT2D eigenvalue weighted by Crippen LogP contribution is 2.23. The monoisotopic (exact) mass is 292 g/mol. The van der Waals surface area contributed by atoms with Crippen molar-refractivity contribution in [2.45, 2.75) is 6.04 Å². The molecule has 0 saturated carbocycles. The molecule has 2 aromatic rings. The number of ether oxygens (including phenoxy) is 1. The highest BCUT2D eigenvalue weighted by Gasteiger charge is 2.24. The molecule has 0 aliphatic carbocycles. The Morgan fingerprint density at radius 1 is 1.48 bits per heavy atom. The lowest BCUT2D eigenvalue weighted by Crippen LogP contribution is -2.36. The third-order valence-corrected chi connectivity index (χ3v) is 3.09. The number of nitrogens with zero attached hydrogens (tertiary/aromatic N) is 2. The molecule has 3 N–H and O–H groups in total. The molecule has 9 heteroatoms. The van der Waals surface area contributed by atoms with Crippen LogP contribution >= 0.6 is 0 Å². The Morgan fingerprint density at radius 3 is 2.95 bits per heavy atom. The number of carbonyl (C=O) groups is 1. The minimum Gasteiger partial charge on any atom is -0.478 e. The van der Waals surface area contributed by atoms with E-state index in [1.54, 1.807) is 0 Å². The van der Waals surface area contributed by atoms with Gasteiger partial charge in [0.15, 0.2) is 0 Å². The molecule has 0 unspecified atom stereocenters. The molecule has 1 saturated heterocycles. The van der Waals surface area contributed by atoms with Crippen LogP contribution in [0.15, 0.2) is 21.5 Å². The van der Waals surface area contributed by atoms with Gasteiger partial charge < -0.3 is 19.6 Å². The van der Waals surface area contributed by atoms with Gasteiger partial charge in [-0.05, 0) is 6.07 Å². The highest BCUT2D eigenvalue weighted by atomic mass is 16.5. The van der Waals surface area contributed by atoms with Crippen molar-refractivity contribution < 1.29 is 19.1 Å². The quantitative estimate of drug-likeness (QED) is 0.708. The summed E-state index contributed by atoms with van der Waals surface area (Å²) in [4.78, 5) is 26.5. The van der Waals surface area contributed by atoms with E-state index in [4.69, 9.17) is 9.15 Å². The third-order valence-electron chi connectivity index (χ3n) is 3.09. The fourth-order valence-corrected chi connectivity index (χ4v) is 2.14. The van der Waals surface area contributed by atoms with Crippen LogP contribution in [0.25, 0.3) is 11.5 Å². The lowest BCUT2D eigenvalue weighted by Gasteiger charge is -2.24. The van der Waals surface area contributed by atoms with Crippen LogP contribution in [0.5, 0.6) is 0 Å². The van der Waals surface area contributed by atoms with Gasteiger partial charge in [-0.2, -0.15) is 0 Å². The average Bonchev–Trinajstić information content (AvgIpc) is 2.94. The van der Waals surface area contributed by atoms with E-state index in [9.17, 15) is 14.7 Å². The number of carboxylic acids is 1. The zero-order valence-corrected chi connectivity index (χ0v) is 10.8. The normalized spacial score (nSPS) is 18.6. The maximum absolute atomic E-state index is 11.4. The molecule has 9 nitrogen and oxygen atoms in total.